The van der Waals surface area contributed by atoms with Crippen LogP contribution in [0, 0.1) is 6.92 Å². The lowest BCUT2D eigenvalue weighted by atomic mass is 9.91. The zero-order valence-corrected chi connectivity index (χ0v) is 18.5. The summed E-state index contributed by atoms with van der Waals surface area (Å²) in [6, 6.07) is 11.5. The third kappa shape index (κ3) is 3.51. The van der Waals surface area contributed by atoms with Crippen LogP contribution >= 0.6 is 11.6 Å². The summed E-state index contributed by atoms with van der Waals surface area (Å²) in [6.45, 7) is 7.71. The number of aryl methyl sites for hydroxylation is 1. The van der Waals surface area contributed by atoms with Crippen LogP contribution in [0.4, 0.5) is 4.79 Å². The lowest BCUT2D eigenvalue weighted by molar-refractivity contribution is -0.131. The second kappa shape index (κ2) is 7.54. The number of nitrogens with one attached hydrogen (secondary N) is 1. The normalized spacial score (nSPS) is 18.8. The predicted octanol–water partition coefficient (Wildman–Crippen LogP) is 4.85. The van der Waals surface area contributed by atoms with Crippen LogP contribution in [-0.4, -0.2) is 16.8 Å². The molecule has 1 saturated heterocycles. The van der Waals surface area contributed by atoms with Crippen LogP contribution in [0.15, 0.2) is 51.7 Å². The van der Waals surface area contributed by atoms with E-state index in [-0.39, 0.29) is 12.5 Å². The van der Waals surface area contributed by atoms with Crippen molar-refractivity contribution in [2.24, 2.45) is 0 Å². The van der Waals surface area contributed by atoms with Gasteiger partial charge in [-0.25, -0.2) is 9.59 Å². The first-order valence-electron chi connectivity index (χ1n) is 10.1. The molecule has 0 aliphatic carbocycles. The highest BCUT2D eigenvalue weighted by Crippen LogP contribution is 2.35. The number of nitrogens with zero attached hydrogens (tertiary/aromatic N) is 1. The molecule has 2 heterocycles. The molecule has 160 valence electrons. The van der Waals surface area contributed by atoms with Crippen molar-refractivity contribution in [3.8, 4) is 0 Å². The molecule has 1 aromatic heterocycles. The monoisotopic (exact) mass is 438 g/mol. The van der Waals surface area contributed by atoms with Gasteiger partial charge in [0.05, 0.1) is 6.54 Å². The topological polar surface area (TPSA) is 79.6 Å². The van der Waals surface area contributed by atoms with Crippen molar-refractivity contribution in [2.45, 2.75) is 45.7 Å². The lowest BCUT2D eigenvalue weighted by Crippen LogP contribution is -2.41. The number of amides is 3. The van der Waals surface area contributed by atoms with E-state index in [1.54, 1.807) is 31.2 Å². The van der Waals surface area contributed by atoms with Gasteiger partial charge in [0.25, 0.3) is 5.91 Å². The summed E-state index contributed by atoms with van der Waals surface area (Å²) >= 11 is 6.30. The summed E-state index contributed by atoms with van der Waals surface area (Å²) in [5.74, 6) is -0.160. The fourth-order valence-electron chi connectivity index (χ4n) is 4.20. The number of rotatable bonds is 4. The average molecular weight is 439 g/mol. The Balaban J connectivity index is 1.78. The second-order valence-corrected chi connectivity index (χ2v) is 8.78. The number of imide groups is 1. The molecule has 0 bridgehead atoms. The summed E-state index contributed by atoms with van der Waals surface area (Å²) < 4.78 is 5.39. The van der Waals surface area contributed by atoms with Gasteiger partial charge >= 0.3 is 11.7 Å². The van der Waals surface area contributed by atoms with Crippen molar-refractivity contribution in [1.82, 2.24) is 10.2 Å². The number of fused-ring (bicyclic) bond motifs is 1. The minimum absolute atomic E-state index is 0.0482. The molecule has 7 heteroatoms. The van der Waals surface area contributed by atoms with Crippen LogP contribution in [0.5, 0.6) is 0 Å². The van der Waals surface area contributed by atoms with Crippen molar-refractivity contribution in [2.75, 3.05) is 0 Å². The summed E-state index contributed by atoms with van der Waals surface area (Å²) in [5, 5.41) is 3.86. The molecule has 3 aromatic rings. The Kier molecular flexibility index (Phi) is 5.13. The molecule has 1 N–H and O–H groups in total. The van der Waals surface area contributed by atoms with E-state index in [0.29, 0.717) is 27.1 Å². The molecule has 1 aliphatic rings. The third-order valence-electron chi connectivity index (χ3n) is 5.85. The highest BCUT2D eigenvalue weighted by atomic mass is 35.5. The Morgan fingerprint density at radius 1 is 1.13 bits per heavy atom. The van der Waals surface area contributed by atoms with E-state index in [0.717, 1.165) is 16.0 Å². The van der Waals surface area contributed by atoms with E-state index >= 15 is 0 Å². The maximum Gasteiger partial charge on any atom is 0.336 e. The number of urea groups is 1. The van der Waals surface area contributed by atoms with Gasteiger partial charge in [0.1, 0.15) is 11.1 Å². The fraction of sp³-hybridized carbons (Fsp3) is 0.292. The van der Waals surface area contributed by atoms with Crippen molar-refractivity contribution < 1.29 is 14.0 Å². The van der Waals surface area contributed by atoms with E-state index in [2.05, 4.69) is 19.2 Å². The predicted molar refractivity (Wildman–Crippen MR) is 119 cm³/mol. The molecule has 1 unspecified atom stereocenters. The molecular formula is C24H23ClN2O4. The van der Waals surface area contributed by atoms with Crippen LogP contribution < -0.4 is 10.9 Å². The highest BCUT2D eigenvalue weighted by Gasteiger charge is 2.49. The molecule has 0 radical (unpaired) electrons. The largest absolute Gasteiger partial charge is 0.423 e. The van der Waals surface area contributed by atoms with Crippen LogP contribution in [0.3, 0.4) is 0 Å². The number of hydrogen-bond acceptors (Lipinski definition) is 4. The molecule has 3 amide bonds. The zero-order chi connectivity index (χ0) is 22.5. The van der Waals surface area contributed by atoms with Gasteiger partial charge in [0.2, 0.25) is 0 Å². The van der Waals surface area contributed by atoms with E-state index in [1.807, 2.05) is 19.1 Å². The Morgan fingerprint density at radius 2 is 1.84 bits per heavy atom. The van der Waals surface area contributed by atoms with Gasteiger partial charge in [0, 0.05) is 22.0 Å². The molecule has 1 atom stereocenters. The van der Waals surface area contributed by atoms with Crippen LogP contribution in [0.1, 0.15) is 48.9 Å². The molecular weight excluding hydrogens is 416 g/mol. The molecule has 6 nitrogen and oxygen atoms in total. The van der Waals surface area contributed by atoms with E-state index in [1.165, 1.54) is 6.07 Å². The third-order valence-corrected chi connectivity index (χ3v) is 6.18. The first kappa shape index (κ1) is 21.1. The SMILES string of the molecule is Cc1cc2oc(=O)cc(CN3C(=O)NC(C)(c4ccccc4Cl)C3=O)c2cc1C(C)C. The summed E-state index contributed by atoms with van der Waals surface area (Å²) in [4.78, 5) is 39.4. The number of hydrogen-bond donors (Lipinski definition) is 1. The Morgan fingerprint density at radius 3 is 2.52 bits per heavy atom. The van der Waals surface area contributed by atoms with Gasteiger partial charge in [-0.2, -0.15) is 0 Å². The number of carbonyl (C=O) groups is 2. The van der Waals surface area contributed by atoms with Crippen molar-refractivity contribution in [3.63, 3.8) is 0 Å². The molecule has 1 aliphatic heterocycles. The lowest BCUT2D eigenvalue weighted by Gasteiger charge is -2.23. The molecule has 4 rings (SSSR count). The van der Waals surface area contributed by atoms with Gasteiger partial charge in [-0.3, -0.25) is 9.69 Å². The molecule has 0 saturated carbocycles. The highest BCUT2D eigenvalue weighted by molar-refractivity contribution is 6.32. The van der Waals surface area contributed by atoms with Crippen molar-refractivity contribution in [1.29, 1.82) is 0 Å². The van der Waals surface area contributed by atoms with E-state index < -0.39 is 23.1 Å². The average Bonchev–Trinajstić information content (AvgIpc) is 2.91. The number of carbonyl (C=O) groups excluding carboxylic acids is 2. The Labute approximate surface area is 184 Å². The van der Waals surface area contributed by atoms with Gasteiger partial charge in [-0.1, -0.05) is 43.6 Å². The maximum absolute atomic E-state index is 13.3. The summed E-state index contributed by atoms with van der Waals surface area (Å²) in [7, 11) is 0. The standard InChI is InChI=1S/C24H23ClN2O4/c1-13(2)16-11-17-15(10-21(28)31-20(17)9-14(16)3)12-27-22(29)24(4,26-23(27)30)18-7-5-6-8-19(18)25/h5-11,13H,12H2,1-4H3,(H,26,30). The minimum Gasteiger partial charge on any atom is -0.423 e. The Bertz CT molecular complexity index is 1280. The molecule has 0 spiro atoms. The smallest absolute Gasteiger partial charge is 0.336 e. The first-order chi connectivity index (χ1) is 14.6. The molecule has 1 fully saturated rings. The number of benzene rings is 2. The first-order valence-corrected chi connectivity index (χ1v) is 10.5. The van der Waals surface area contributed by atoms with Crippen LogP contribution in [0.25, 0.3) is 11.0 Å². The molecule has 31 heavy (non-hydrogen) atoms. The summed E-state index contributed by atoms with van der Waals surface area (Å²) in [5.41, 5.74) is 1.83. The van der Waals surface area contributed by atoms with Crippen molar-refractivity contribution in [3.05, 3.63) is 80.2 Å². The Hall–Kier alpha value is -3.12. The van der Waals surface area contributed by atoms with Crippen LogP contribution in [0.2, 0.25) is 5.02 Å². The van der Waals surface area contributed by atoms with Crippen LogP contribution in [-0.2, 0) is 16.9 Å². The van der Waals surface area contributed by atoms with Gasteiger partial charge in [0.15, 0.2) is 0 Å². The van der Waals surface area contributed by atoms with Crippen molar-refractivity contribution >= 4 is 34.5 Å². The number of halogens is 1. The fourth-order valence-corrected chi connectivity index (χ4v) is 4.53. The van der Waals surface area contributed by atoms with E-state index in [9.17, 15) is 14.4 Å². The minimum atomic E-state index is -1.29. The van der Waals surface area contributed by atoms with E-state index in [4.69, 9.17) is 16.0 Å². The molecule has 2 aromatic carbocycles. The van der Waals surface area contributed by atoms with Gasteiger partial charge in [-0.05, 0) is 54.7 Å². The summed E-state index contributed by atoms with van der Waals surface area (Å²) in [6.07, 6.45) is 0. The zero-order valence-electron chi connectivity index (χ0n) is 17.8. The van der Waals surface area contributed by atoms with Gasteiger partial charge < -0.3 is 9.73 Å². The maximum atomic E-state index is 13.3. The quantitative estimate of drug-likeness (QED) is 0.466. The second-order valence-electron chi connectivity index (χ2n) is 8.38. The van der Waals surface area contributed by atoms with Gasteiger partial charge in [-0.15, -0.1) is 0 Å².